The summed E-state index contributed by atoms with van der Waals surface area (Å²) < 4.78 is 65.7. The molecule has 0 bridgehead atoms. The van der Waals surface area contributed by atoms with Crippen LogP contribution < -0.4 is 0 Å². The van der Waals surface area contributed by atoms with Crippen LogP contribution in [0.25, 0.3) is 22.4 Å². The quantitative estimate of drug-likeness (QED) is 0.241. The van der Waals surface area contributed by atoms with Crippen molar-refractivity contribution in [1.82, 2.24) is 15.0 Å². The summed E-state index contributed by atoms with van der Waals surface area (Å²) in [6, 6.07) is 8.79. The number of carboxylic acid groups (broad SMARTS) is 1. The molecule has 0 saturated carbocycles. The van der Waals surface area contributed by atoms with Crippen LogP contribution in [-0.4, -0.2) is 61.1 Å². The van der Waals surface area contributed by atoms with Crippen molar-refractivity contribution in [2.24, 2.45) is 0 Å². The monoisotopic (exact) mass is 534 g/mol. The number of carboxylic acids is 1. The number of aromatic nitrogens is 3. The Hall–Kier alpha value is -2.82. The molecule has 3 N–H and O–H groups in total. The zero-order valence-corrected chi connectivity index (χ0v) is 18.0. The Morgan fingerprint density at radius 3 is 1.84 bits per heavy atom. The van der Waals surface area contributed by atoms with E-state index in [1.165, 1.54) is 12.3 Å². The molecule has 0 spiro atoms. The van der Waals surface area contributed by atoms with E-state index in [-0.39, 0.29) is 22.6 Å². The van der Waals surface area contributed by atoms with Crippen LogP contribution in [0.15, 0.2) is 61.3 Å². The summed E-state index contributed by atoms with van der Waals surface area (Å²) in [5.41, 5.74) is 2.96. The number of rotatable bonds is 3. The standard InChI is InChI=1S/C16H11N3O2.Cu.2H2O4S/c20-16(21)13-5-8-18-10-14(13)12-4-2-7-19-15(12)11-3-1-6-17-9-11;;2*1-5(2,3)4/h1-10H,(H,20,21);;2*(H2,1,2,3,4)/q;+2;;/p-2. The molecule has 13 nitrogen and oxygen atoms in total. The molecule has 0 aromatic carbocycles. The Morgan fingerprint density at radius 1 is 0.812 bits per heavy atom. The van der Waals surface area contributed by atoms with Crippen molar-refractivity contribution in [3.05, 3.63) is 66.9 Å². The van der Waals surface area contributed by atoms with Gasteiger partial charge in [-0.25, -0.2) is 21.6 Å². The van der Waals surface area contributed by atoms with Crippen LogP contribution in [0.4, 0.5) is 0 Å². The van der Waals surface area contributed by atoms with Crippen LogP contribution in [0.5, 0.6) is 0 Å². The van der Waals surface area contributed by atoms with E-state index in [0.29, 0.717) is 11.3 Å². The minimum Gasteiger partial charge on any atom is -0.726 e. The largest absolute Gasteiger partial charge is 2.00 e. The van der Waals surface area contributed by atoms with Crippen molar-refractivity contribution in [1.29, 1.82) is 0 Å². The molecule has 3 heterocycles. The third kappa shape index (κ3) is 12.1. The Kier molecular flexibility index (Phi) is 11.8. The maximum atomic E-state index is 11.4. The van der Waals surface area contributed by atoms with Gasteiger partial charge in [-0.05, 0) is 24.3 Å². The molecule has 1 radical (unpaired) electrons. The average Bonchev–Trinajstić information content (AvgIpc) is 2.66. The molecule has 3 aromatic heterocycles. The predicted molar refractivity (Wildman–Crippen MR) is 102 cm³/mol. The number of carbonyl (C=O) groups is 1. The van der Waals surface area contributed by atoms with Gasteiger partial charge in [0.15, 0.2) is 0 Å². The Bertz CT molecular complexity index is 1190. The van der Waals surface area contributed by atoms with Crippen LogP contribution >= 0.6 is 0 Å². The second kappa shape index (κ2) is 12.9. The smallest absolute Gasteiger partial charge is 0.726 e. The maximum Gasteiger partial charge on any atom is 2.00 e. The molecular weight excluding hydrogens is 522 g/mol. The Labute approximate surface area is 192 Å². The summed E-state index contributed by atoms with van der Waals surface area (Å²) >= 11 is 0. The van der Waals surface area contributed by atoms with E-state index < -0.39 is 26.8 Å². The molecule has 16 heteroatoms. The van der Waals surface area contributed by atoms with Crippen molar-refractivity contribution in [3.8, 4) is 22.4 Å². The zero-order chi connectivity index (χ0) is 23.7. The van der Waals surface area contributed by atoms with Gasteiger partial charge in [0.05, 0.1) is 11.3 Å². The maximum absolute atomic E-state index is 11.4. The third-order valence-electron chi connectivity index (χ3n) is 3.08. The molecule has 0 aliphatic rings. The van der Waals surface area contributed by atoms with Gasteiger partial charge in [-0.15, -0.1) is 0 Å². The van der Waals surface area contributed by atoms with E-state index in [4.69, 9.17) is 35.0 Å². The third-order valence-corrected chi connectivity index (χ3v) is 3.08. The van der Waals surface area contributed by atoms with Crippen LogP contribution in [-0.2, 0) is 37.9 Å². The number of hydrogen-bond acceptors (Lipinski definition) is 10. The first kappa shape index (κ1) is 29.2. The van der Waals surface area contributed by atoms with Crippen LogP contribution in [0, 0.1) is 0 Å². The van der Waals surface area contributed by atoms with Crippen molar-refractivity contribution < 1.29 is 62.0 Å². The molecular formula is C16H13CuN3O10S2. The van der Waals surface area contributed by atoms with E-state index in [1.807, 2.05) is 18.2 Å². The normalized spacial score (nSPS) is 10.4. The second-order valence-corrected chi connectivity index (χ2v) is 6.93. The summed E-state index contributed by atoms with van der Waals surface area (Å²) in [6.45, 7) is 0. The summed E-state index contributed by atoms with van der Waals surface area (Å²) in [5.74, 6) is -0.992. The first-order valence-electron chi connectivity index (χ1n) is 7.67. The predicted octanol–water partition coefficient (Wildman–Crippen LogP) is 0.910. The zero-order valence-electron chi connectivity index (χ0n) is 15.4. The Morgan fingerprint density at radius 2 is 1.34 bits per heavy atom. The van der Waals surface area contributed by atoms with E-state index in [0.717, 1.165) is 11.1 Å². The number of nitrogens with zero attached hydrogens (tertiary/aromatic N) is 3. The van der Waals surface area contributed by atoms with Crippen molar-refractivity contribution in [3.63, 3.8) is 0 Å². The summed E-state index contributed by atoms with van der Waals surface area (Å²) in [6.07, 6.45) is 8.05. The molecule has 0 atom stereocenters. The molecule has 0 saturated heterocycles. The molecule has 0 fully saturated rings. The van der Waals surface area contributed by atoms with E-state index in [2.05, 4.69) is 15.0 Å². The number of aromatic carboxylic acids is 1. The van der Waals surface area contributed by atoms with E-state index >= 15 is 0 Å². The number of hydrogen-bond donors (Lipinski definition) is 3. The molecule has 0 unspecified atom stereocenters. The molecule has 0 aliphatic heterocycles. The van der Waals surface area contributed by atoms with Crippen molar-refractivity contribution in [2.75, 3.05) is 0 Å². The number of pyridine rings is 3. The van der Waals surface area contributed by atoms with Crippen LogP contribution in [0.3, 0.4) is 0 Å². The van der Waals surface area contributed by atoms with E-state index in [1.54, 1.807) is 30.9 Å². The summed E-state index contributed by atoms with van der Waals surface area (Å²) in [4.78, 5) is 23.9. The molecule has 3 aromatic rings. The minimum atomic E-state index is -4.92. The van der Waals surface area contributed by atoms with Gasteiger partial charge in [-0.2, -0.15) is 0 Å². The van der Waals surface area contributed by atoms with Crippen LogP contribution in [0.2, 0.25) is 0 Å². The second-order valence-electron chi connectivity index (χ2n) is 5.22. The molecule has 175 valence electrons. The van der Waals surface area contributed by atoms with Gasteiger partial charge in [0.2, 0.25) is 20.8 Å². The summed E-state index contributed by atoms with van der Waals surface area (Å²) in [7, 11) is -9.83. The van der Waals surface area contributed by atoms with Gasteiger partial charge < -0.3 is 14.2 Å². The average molecular weight is 535 g/mol. The fourth-order valence-corrected chi connectivity index (χ4v) is 2.15. The van der Waals surface area contributed by atoms with Gasteiger partial charge >= 0.3 is 23.0 Å². The molecule has 32 heavy (non-hydrogen) atoms. The van der Waals surface area contributed by atoms with Gasteiger partial charge in [0.1, 0.15) is 0 Å². The molecule has 0 amide bonds. The van der Waals surface area contributed by atoms with Gasteiger partial charge in [-0.3, -0.25) is 24.1 Å². The SMILES string of the molecule is O=C(O)c1ccncc1-c1cccnc1-c1cccnc1.O=S(=O)([O-])O.O=S(=O)([O-])O.[Cu+2]. The fraction of sp³-hybridized carbons (Fsp3) is 0. The molecule has 0 aliphatic carbocycles. The van der Waals surface area contributed by atoms with Crippen molar-refractivity contribution >= 4 is 26.8 Å². The van der Waals surface area contributed by atoms with Crippen molar-refractivity contribution in [2.45, 2.75) is 0 Å². The Balaban J connectivity index is 0.000000740. The fourth-order valence-electron chi connectivity index (χ4n) is 2.15. The topological polar surface area (TPSA) is 231 Å². The molecule has 3 rings (SSSR count). The van der Waals surface area contributed by atoms with Gasteiger partial charge in [0.25, 0.3) is 0 Å². The van der Waals surface area contributed by atoms with E-state index in [9.17, 15) is 9.90 Å². The first-order chi connectivity index (χ1) is 14.3. The van der Waals surface area contributed by atoms with Gasteiger partial charge in [0, 0.05) is 47.7 Å². The van der Waals surface area contributed by atoms with Crippen LogP contribution in [0.1, 0.15) is 10.4 Å². The van der Waals surface area contributed by atoms with Gasteiger partial charge in [-0.1, -0.05) is 6.07 Å². The summed E-state index contributed by atoms with van der Waals surface area (Å²) in [5, 5.41) is 9.33. The minimum absolute atomic E-state index is 0. The first-order valence-corrected chi connectivity index (χ1v) is 10.4.